The third-order valence-electron chi connectivity index (χ3n) is 4.47. The first-order valence-corrected chi connectivity index (χ1v) is 7.71. The minimum absolute atomic E-state index is 0. The van der Waals surface area contributed by atoms with Gasteiger partial charge in [0.2, 0.25) is 0 Å². The van der Waals surface area contributed by atoms with Crippen LogP contribution in [-0.4, -0.2) is 80.4 Å². The lowest BCUT2D eigenvalue weighted by molar-refractivity contribution is -0.158. The first-order chi connectivity index (χ1) is 10.4. The Labute approximate surface area is 153 Å². The summed E-state index contributed by atoms with van der Waals surface area (Å²) in [6, 6.07) is 0. The lowest BCUT2D eigenvalue weighted by Crippen LogP contribution is -2.56. The lowest BCUT2D eigenvalue weighted by atomic mass is 9.90. The highest BCUT2D eigenvalue weighted by Crippen LogP contribution is 2.26. The van der Waals surface area contributed by atoms with Crippen LogP contribution in [0.4, 0.5) is 13.2 Å². The van der Waals surface area contributed by atoms with Gasteiger partial charge in [0.1, 0.15) is 5.60 Å². The molecular weight excluding hydrogens is 370 g/mol. The van der Waals surface area contributed by atoms with E-state index in [-0.39, 0.29) is 37.3 Å². The van der Waals surface area contributed by atoms with Crippen LogP contribution >= 0.6 is 24.8 Å². The van der Waals surface area contributed by atoms with E-state index in [1.54, 1.807) is 4.90 Å². The maximum atomic E-state index is 12.8. The number of hydrogen-bond donors (Lipinski definition) is 1. The van der Waals surface area contributed by atoms with Crippen molar-refractivity contribution >= 4 is 30.7 Å². The minimum atomic E-state index is -4.19. The Balaban J connectivity index is 0.00000264. The first kappa shape index (κ1) is 23.7. The van der Waals surface area contributed by atoms with Crippen LogP contribution < -0.4 is 5.32 Å². The van der Waals surface area contributed by atoms with Crippen LogP contribution in [0.25, 0.3) is 0 Å². The topological polar surface area (TPSA) is 44.8 Å². The molecule has 0 aliphatic carbocycles. The van der Waals surface area contributed by atoms with E-state index in [2.05, 4.69) is 5.32 Å². The second-order valence-electron chi connectivity index (χ2n) is 5.99. The summed E-state index contributed by atoms with van der Waals surface area (Å²) in [7, 11) is 1.54. The molecular formula is C14H26Cl2F3N3O2. The normalized spacial score (nSPS) is 22.1. The summed E-state index contributed by atoms with van der Waals surface area (Å²) in [5.74, 6) is -0.0784. The zero-order valence-electron chi connectivity index (χ0n) is 13.7. The number of carbonyl (C=O) groups is 1. The molecule has 2 aliphatic heterocycles. The SMILES string of the molecule is COC1(C(=O)N2CCCN(CC(F)(F)F)CC2)CCNCC1.Cl.Cl. The highest BCUT2D eigenvalue weighted by atomic mass is 35.5. The molecule has 2 fully saturated rings. The standard InChI is InChI=1S/C14H24F3N3O2.2ClH/c1-22-13(3-5-18-6-4-13)12(21)20-8-2-7-19(9-10-20)11-14(15,16)17;;/h18H,2-11H2,1H3;2*1H. The van der Waals surface area contributed by atoms with Crippen molar-refractivity contribution in [2.45, 2.75) is 31.0 Å². The molecule has 2 heterocycles. The summed E-state index contributed by atoms with van der Waals surface area (Å²) in [5, 5.41) is 3.19. The Morgan fingerprint density at radius 1 is 1.12 bits per heavy atom. The summed E-state index contributed by atoms with van der Waals surface area (Å²) >= 11 is 0. The third kappa shape index (κ3) is 6.22. The van der Waals surface area contributed by atoms with Gasteiger partial charge < -0.3 is 15.0 Å². The Kier molecular flexibility index (Phi) is 9.89. The van der Waals surface area contributed by atoms with Gasteiger partial charge in [0.15, 0.2) is 0 Å². The Morgan fingerprint density at radius 2 is 1.75 bits per heavy atom. The molecule has 1 N–H and O–H groups in total. The van der Waals surface area contributed by atoms with Gasteiger partial charge in [-0.25, -0.2) is 0 Å². The van der Waals surface area contributed by atoms with E-state index in [0.29, 0.717) is 52.0 Å². The van der Waals surface area contributed by atoms with Gasteiger partial charge in [-0.05, 0) is 32.4 Å². The number of carbonyl (C=O) groups excluding carboxylic acids is 1. The van der Waals surface area contributed by atoms with E-state index >= 15 is 0 Å². The van der Waals surface area contributed by atoms with E-state index in [0.717, 1.165) is 0 Å². The number of nitrogens with one attached hydrogen (secondary N) is 1. The van der Waals surface area contributed by atoms with Crippen molar-refractivity contribution in [3.63, 3.8) is 0 Å². The van der Waals surface area contributed by atoms with Gasteiger partial charge in [-0.1, -0.05) is 0 Å². The van der Waals surface area contributed by atoms with Gasteiger partial charge in [0.25, 0.3) is 5.91 Å². The molecule has 0 bridgehead atoms. The van der Waals surface area contributed by atoms with Gasteiger partial charge >= 0.3 is 6.18 Å². The van der Waals surface area contributed by atoms with Crippen molar-refractivity contribution in [2.75, 3.05) is 52.9 Å². The molecule has 0 saturated carbocycles. The number of amides is 1. The largest absolute Gasteiger partial charge is 0.401 e. The molecule has 2 aliphatic rings. The molecule has 0 aromatic rings. The second-order valence-corrected chi connectivity index (χ2v) is 5.99. The molecule has 1 amide bonds. The quantitative estimate of drug-likeness (QED) is 0.789. The molecule has 0 aromatic carbocycles. The molecule has 2 saturated heterocycles. The van der Waals surface area contributed by atoms with E-state index in [9.17, 15) is 18.0 Å². The first-order valence-electron chi connectivity index (χ1n) is 7.71. The predicted octanol–water partition coefficient (Wildman–Crippen LogP) is 1.70. The van der Waals surface area contributed by atoms with Crippen LogP contribution in [0, 0.1) is 0 Å². The van der Waals surface area contributed by atoms with E-state index in [1.807, 2.05) is 0 Å². The summed E-state index contributed by atoms with van der Waals surface area (Å²) in [6.07, 6.45) is -2.43. The number of rotatable bonds is 3. The van der Waals surface area contributed by atoms with Crippen molar-refractivity contribution in [1.29, 1.82) is 0 Å². The average Bonchev–Trinajstić information content (AvgIpc) is 2.71. The molecule has 0 radical (unpaired) electrons. The summed E-state index contributed by atoms with van der Waals surface area (Å²) < 4.78 is 43.0. The summed E-state index contributed by atoms with van der Waals surface area (Å²) in [4.78, 5) is 15.8. The molecule has 0 aromatic heterocycles. The van der Waals surface area contributed by atoms with Gasteiger partial charge in [-0.15, -0.1) is 24.8 Å². The minimum Gasteiger partial charge on any atom is -0.368 e. The molecule has 10 heteroatoms. The number of alkyl halides is 3. The zero-order valence-corrected chi connectivity index (χ0v) is 15.4. The number of methoxy groups -OCH3 is 1. The number of hydrogen-bond acceptors (Lipinski definition) is 4. The molecule has 24 heavy (non-hydrogen) atoms. The van der Waals surface area contributed by atoms with Crippen LogP contribution in [0.15, 0.2) is 0 Å². The Bertz CT molecular complexity index is 394. The van der Waals surface area contributed by atoms with Crippen molar-refractivity contribution in [3.05, 3.63) is 0 Å². The summed E-state index contributed by atoms with van der Waals surface area (Å²) in [6.45, 7) is 1.96. The van der Waals surface area contributed by atoms with Gasteiger partial charge in [-0.2, -0.15) is 13.2 Å². The van der Waals surface area contributed by atoms with Crippen LogP contribution in [0.5, 0.6) is 0 Å². The van der Waals surface area contributed by atoms with Crippen LogP contribution in [0.1, 0.15) is 19.3 Å². The smallest absolute Gasteiger partial charge is 0.368 e. The van der Waals surface area contributed by atoms with Crippen molar-refractivity contribution in [3.8, 4) is 0 Å². The van der Waals surface area contributed by atoms with Crippen molar-refractivity contribution < 1.29 is 22.7 Å². The predicted molar refractivity (Wildman–Crippen MR) is 90.0 cm³/mol. The fourth-order valence-corrected chi connectivity index (χ4v) is 3.21. The number of piperidine rings is 1. The third-order valence-corrected chi connectivity index (χ3v) is 4.47. The number of halogens is 5. The van der Waals surface area contributed by atoms with Crippen molar-refractivity contribution in [2.24, 2.45) is 0 Å². The molecule has 144 valence electrons. The number of ether oxygens (including phenoxy) is 1. The molecule has 0 unspecified atom stereocenters. The number of nitrogens with zero attached hydrogens (tertiary/aromatic N) is 2. The van der Waals surface area contributed by atoms with Crippen molar-refractivity contribution in [1.82, 2.24) is 15.1 Å². The molecule has 0 spiro atoms. The fraction of sp³-hybridized carbons (Fsp3) is 0.929. The lowest BCUT2D eigenvalue weighted by Gasteiger charge is -2.38. The van der Waals surface area contributed by atoms with E-state index in [1.165, 1.54) is 12.0 Å². The van der Waals surface area contributed by atoms with Gasteiger partial charge in [-0.3, -0.25) is 9.69 Å². The van der Waals surface area contributed by atoms with Gasteiger partial charge in [0, 0.05) is 33.3 Å². The Morgan fingerprint density at radius 3 is 2.29 bits per heavy atom. The van der Waals surface area contributed by atoms with E-state index in [4.69, 9.17) is 4.74 Å². The summed E-state index contributed by atoms with van der Waals surface area (Å²) in [5.41, 5.74) is -0.815. The van der Waals surface area contributed by atoms with E-state index < -0.39 is 18.3 Å². The highest BCUT2D eigenvalue weighted by molar-refractivity contribution is 5.86. The van der Waals surface area contributed by atoms with Crippen LogP contribution in [0.3, 0.4) is 0 Å². The Hall–Kier alpha value is -0.280. The fourth-order valence-electron chi connectivity index (χ4n) is 3.21. The maximum absolute atomic E-state index is 12.8. The highest BCUT2D eigenvalue weighted by Gasteiger charge is 2.43. The maximum Gasteiger partial charge on any atom is 0.401 e. The van der Waals surface area contributed by atoms with Gasteiger partial charge in [0.05, 0.1) is 6.54 Å². The zero-order chi connectivity index (χ0) is 16.2. The second kappa shape index (κ2) is 10.0. The molecule has 2 rings (SSSR count). The van der Waals surface area contributed by atoms with Crippen LogP contribution in [-0.2, 0) is 9.53 Å². The monoisotopic (exact) mass is 395 g/mol. The molecule has 5 nitrogen and oxygen atoms in total. The average molecular weight is 396 g/mol. The molecule has 0 atom stereocenters. The van der Waals surface area contributed by atoms with Crippen LogP contribution in [0.2, 0.25) is 0 Å².